The van der Waals surface area contributed by atoms with Gasteiger partial charge < -0.3 is 5.32 Å². The Morgan fingerprint density at radius 1 is 1.12 bits per heavy atom. The molecule has 0 bridgehead atoms. The van der Waals surface area contributed by atoms with Crippen LogP contribution in [0, 0.1) is 0 Å². The average molecular weight is 334 g/mol. The zero-order valence-corrected chi connectivity index (χ0v) is 14.4. The van der Waals surface area contributed by atoms with Crippen LogP contribution in [0.1, 0.15) is 40.7 Å². The van der Waals surface area contributed by atoms with Crippen molar-refractivity contribution in [1.29, 1.82) is 0 Å². The van der Waals surface area contributed by atoms with Gasteiger partial charge in [0.2, 0.25) is 0 Å². The Bertz CT molecular complexity index is 812. The van der Waals surface area contributed by atoms with Crippen molar-refractivity contribution in [3.8, 4) is 0 Å². The Balaban J connectivity index is 1.75. The maximum absolute atomic E-state index is 12.6. The number of pyridine rings is 1. The molecule has 0 radical (unpaired) electrons. The van der Waals surface area contributed by atoms with E-state index >= 15 is 0 Å². The predicted molar refractivity (Wildman–Crippen MR) is 97.2 cm³/mol. The highest BCUT2D eigenvalue weighted by molar-refractivity contribution is 5.95. The summed E-state index contributed by atoms with van der Waals surface area (Å²) in [4.78, 5) is 16.8. The summed E-state index contributed by atoms with van der Waals surface area (Å²) in [5.74, 6) is -0.103. The van der Waals surface area contributed by atoms with E-state index in [9.17, 15) is 4.79 Å². The lowest BCUT2D eigenvalue weighted by atomic mass is 10.1. The standard InChI is InChI=1S/C20H22N4O/c1-2-8-19-18(20(25)22-13-17-11-6-7-12-21-17)14-23-24(19)15-16-9-4-3-5-10-16/h3-7,9-12,14H,2,8,13,15H2,1H3,(H,22,25). The molecule has 0 aliphatic rings. The molecule has 1 amide bonds. The quantitative estimate of drug-likeness (QED) is 0.722. The van der Waals surface area contributed by atoms with E-state index in [4.69, 9.17) is 0 Å². The SMILES string of the molecule is CCCc1c(C(=O)NCc2ccccn2)cnn1Cc1ccccc1. The lowest BCUT2D eigenvalue weighted by Crippen LogP contribution is -2.24. The summed E-state index contributed by atoms with van der Waals surface area (Å²) in [5, 5.41) is 7.38. The van der Waals surface area contributed by atoms with Crippen LogP contribution in [-0.4, -0.2) is 20.7 Å². The van der Waals surface area contributed by atoms with Crippen molar-refractivity contribution in [3.63, 3.8) is 0 Å². The van der Waals surface area contributed by atoms with E-state index in [-0.39, 0.29) is 5.91 Å². The Hall–Kier alpha value is -2.95. The molecule has 25 heavy (non-hydrogen) atoms. The molecule has 2 aromatic heterocycles. The number of hydrogen-bond acceptors (Lipinski definition) is 3. The van der Waals surface area contributed by atoms with Crippen LogP contribution >= 0.6 is 0 Å². The fraction of sp³-hybridized carbons (Fsp3) is 0.250. The number of amides is 1. The van der Waals surface area contributed by atoms with Crippen molar-refractivity contribution in [2.45, 2.75) is 32.9 Å². The van der Waals surface area contributed by atoms with Crippen LogP contribution in [0.4, 0.5) is 0 Å². The second-order valence-electron chi connectivity index (χ2n) is 5.90. The smallest absolute Gasteiger partial charge is 0.255 e. The summed E-state index contributed by atoms with van der Waals surface area (Å²) in [6.45, 7) is 3.19. The van der Waals surface area contributed by atoms with Gasteiger partial charge in [0.05, 0.1) is 36.2 Å². The van der Waals surface area contributed by atoms with Gasteiger partial charge in [-0.1, -0.05) is 49.7 Å². The van der Waals surface area contributed by atoms with Crippen molar-refractivity contribution in [3.05, 3.63) is 83.4 Å². The van der Waals surface area contributed by atoms with Crippen LogP contribution in [0.2, 0.25) is 0 Å². The highest BCUT2D eigenvalue weighted by Gasteiger charge is 2.17. The summed E-state index contributed by atoms with van der Waals surface area (Å²) in [5.41, 5.74) is 3.63. The molecular formula is C20H22N4O. The van der Waals surface area contributed by atoms with Crippen molar-refractivity contribution in [1.82, 2.24) is 20.1 Å². The second kappa shape index (κ2) is 8.24. The number of aromatic nitrogens is 3. The van der Waals surface area contributed by atoms with Gasteiger partial charge in [-0.2, -0.15) is 5.10 Å². The van der Waals surface area contributed by atoms with Gasteiger partial charge in [-0.25, -0.2) is 0 Å². The third-order valence-corrected chi connectivity index (χ3v) is 4.01. The van der Waals surface area contributed by atoms with Gasteiger partial charge in [0, 0.05) is 6.20 Å². The molecule has 1 aromatic carbocycles. The summed E-state index contributed by atoms with van der Waals surface area (Å²) in [6, 6.07) is 15.8. The number of nitrogens with one attached hydrogen (secondary N) is 1. The maximum Gasteiger partial charge on any atom is 0.255 e. The van der Waals surface area contributed by atoms with Gasteiger partial charge >= 0.3 is 0 Å². The topological polar surface area (TPSA) is 59.8 Å². The highest BCUT2D eigenvalue weighted by Crippen LogP contribution is 2.14. The zero-order chi connectivity index (χ0) is 17.5. The molecule has 0 saturated carbocycles. The lowest BCUT2D eigenvalue weighted by Gasteiger charge is -2.09. The normalized spacial score (nSPS) is 10.6. The molecular weight excluding hydrogens is 312 g/mol. The van der Waals surface area contributed by atoms with Crippen LogP contribution in [0.5, 0.6) is 0 Å². The minimum Gasteiger partial charge on any atom is -0.346 e. The third kappa shape index (κ3) is 4.32. The molecule has 0 fully saturated rings. The minimum atomic E-state index is -0.103. The molecule has 0 unspecified atom stereocenters. The molecule has 0 saturated heterocycles. The minimum absolute atomic E-state index is 0.103. The molecule has 3 aromatic rings. The van der Waals surface area contributed by atoms with E-state index in [0.29, 0.717) is 18.7 Å². The lowest BCUT2D eigenvalue weighted by molar-refractivity contribution is 0.0949. The molecule has 5 nitrogen and oxygen atoms in total. The fourth-order valence-corrected chi connectivity index (χ4v) is 2.76. The van der Waals surface area contributed by atoms with Crippen molar-refractivity contribution < 1.29 is 4.79 Å². The number of nitrogens with zero attached hydrogens (tertiary/aromatic N) is 3. The second-order valence-corrected chi connectivity index (χ2v) is 5.90. The van der Waals surface area contributed by atoms with Crippen molar-refractivity contribution in [2.75, 3.05) is 0 Å². The van der Waals surface area contributed by atoms with Crippen LogP contribution in [0.15, 0.2) is 60.9 Å². The summed E-state index contributed by atoms with van der Waals surface area (Å²) in [7, 11) is 0. The highest BCUT2D eigenvalue weighted by atomic mass is 16.1. The van der Waals surface area contributed by atoms with Gasteiger partial charge in [-0.05, 0) is 24.1 Å². The molecule has 3 rings (SSSR count). The average Bonchev–Trinajstić information content (AvgIpc) is 3.04. The predicted octanol–water partition coefficient (Wildman–Crippen LogP) is 3.21. The zero-order valence-electron chi connectivity index (χ0n) is 14.4. The molecule has 5 heteroatoms. The Kier molecular flexibility index (Phi) is 5.57. The van der Waals surface area contributed by atoms with E-state index < -0.39 is 0 Å². The first kappa shape index (κ1) is 16.9. The van der Waals surface area contributed by atoms with Crippen LogP contribution in [0.25, 0.3) is 0 Å². The van der Waals surface area contributed by atoms with Gasteiger partial charge in [0.25, 0.3) is 5.91 Å². The molecule has 128 valence electrons. The first-order valence-electron chi connectivity index (χ1n) is 8.54. The molecule has 0 aliphatic heterocycles. The third-order valence-electron chi connectivity index (χ3n) is 4.01. The van der Waals surface area contributed by atoms with Crippen LogP contribution in [-0.2, 0) is 19.5 Å². The first-order chi connectivity index (χ1) is 12.3. The Labute approximate surface area is 147 Å². The summed E-state index contributed by atoms with van der Waals surface area (Å²) < 4.78 is 1.93. The van der Waals surface area contributed by atoms with Gasteiger partial charge in [-0.3, -0.25) is 14.5 Å². The number of hydrogen-bond donors (Lipinski definition) is 1. The Morgan fingerprint density at radius 2 is 1.92 bits per heavy atom. The van der Waals surface area contributed by atoms with Gasteiger partial charge in [0.1, 0.15) is 0 Å². The first-order valence-corrected chi connectivity index (χ1v) is 8.54. The maximum atomic E-state index is 12.6. The van der Waals surface area contributed by atoms with Crippen LogP contribution in [0.3, 0.4) is 0 Å². The van der Waals surface area contributed by atoms with E-state index in [2.05, 4.69) is 34.5 Å². The molecule has 0 spiro atoms. The molecule has 0 atom stereocenters. The van der Waals surface area contributed by atoms with E-state index in [0.717, 1.165) is 24.2 Å². The molecule has 0 aliphatic carbocycles. The number of benzene rings is 1. The van der Waals surface area contributed by atoms with Gasteiger partial charge in [-0.15, -0.1) is 0 Å². The van der Waals surface area contributed by atoms with Crippen molar-refractivity contribution >= 4 is 5.91 Å². The van der Waals surface area contributed by atoms with E-state index in [1.165, 1.54) is 5.56 Å². The number of carbonyl (C=O) groups is 1. The molecule has 1 N–H and O–H groups in total. The summed E-state index contributed by atoms with van der Waals surface area (Å²) >= 11 is 0. The number of carbonyl (C=O) groups excluding carboxylic acids is 1. The van der Waals surface area contributed by atoms with Gasteiger partial charge in [0.15, 0.2) is 0 Å². The number of rotatable bonds is 7. The fourth-order valence-electron chi connectivity index (χ4n) is 2.76. The largest absolute Gasteiger partial charge is 0.346 e. The van der Waals surface area contributed by atoms with E-state index in [1.54, 1.807) is 12.4 Å². The van der Waals surface area contributed by atoms with E-state index in [1.807, 2.05) is 41.1 Å². The summed E-state index contributed by atoms with van der Waals surface area (Å²) in [6.07, 6.45) is 5.17. The van der Waals surface area contributed by atoms with Crippen LogP contribution < -0.4 is 5.32 Å². The Morgan fingerprint density at radius 3 is 2.64 bits per heavy atom. The molecule has 2 heterocycles. The van der Waals surface area contributed by atoms with Crippen molar-refractivity contribution in [2.24, 2.45) is 0 Å². The monoisotopic (exact) mass is 334 g/mol.